The summed E-state index contributed by atoms with van der Waals surface area (Å²) in [5.41, 5.74) is 0.368. The number of benzene rings is 1. The molecule has 0 aliphatic heterocycles. The van der Waals surface area contributed by atoms with E-state index in [0.717, 1.165) is 0 Å². The average Bonchev–Trinajstić information content (AvgIpc) is 2.70. The molecule has 0 bridgehead atoms. The van der Waals surface area contributed by atoms with Gasteiger partial charge in [0, 0.05) is 16.8 Å². The van der Waals surface area contributed by atoms with E-state index in [1.54, 1.807) is 0 Å². The molecular formula is C10H7ClFNOS. The van der Waals surface area contributed by atoms with Crippen LogP contribution in [0.3, 0.4) is 0 Å². The SMILES string of the molecule is OCc1cnc(-c2cc(Cl)ccc2F)s1. The van der Waals surface area contributed by atoms with Gasteiger partial charge in [-0.15, -0.1) is 11.3 Å². The topological polar surface area (TPSA) is 33.1 Å². The van der Waals surface area contributed by atoms with E-state index < -0.39 is 0 Å². The maximum Gasteiger partial charge on any atom is 0.133 e. The van der Waals surface area contributed by atoms with Gasteiger partial charge < -0.3 is 5.11 Å². The van der Waals surface area contributed by atoms with Gasteiger partial charge in [-0.3, -0.25) is 0 Å². The first-order valence-corrected chi connectivity index (χ1v) is 5.41. The number of rotatable bonds is 2. The predicted molar refractivity (Wildman–Crippen MR) is 58.4 cm³/mol. The lowest BCUT2D eigenvalue weighted by Crippen LogP contribution is -1.82. The molecule has 2 nitrogen and oxygen atoms in total. The molecule has 78 valence electrons. The lowest BCUT2D eigenvalue weighted by Gasteiger charge is -1.98. The van der Waals surface area contributed by atoms with Crippen LogP contribution in [0.25, 0.3) is 10.6 Å². The van der Waals surface area contributed by atoms with E-state index in [-0.39, 0.29) is 12.4 Å². The van der Waals surface area contributed by atoms with Crippen molar-refractivity contribution >= 4 is 22.9 Å². The maximum atomic E-state index is 13.4. The van der Waals surface area contributed by atoms with Gasteiger partial charge in [-0.2, -0.15) is 0 Å². The Labute approximate surface area is 95.0 Å². The van der Waals surface area contributed by atoms with Crippen molar-refractivity contribution in [3.8, 4) is 10.6 Å². The first-order chi connectivity index (χ1) is 7.20. The first-order valence-electron chi connectivity index (χ1n) is 4.21. The number of thiazole rings is 1. The second-order valence-corrected chi connectivity index (χ2v) is 4.47. The van der Waals surface area contributed by atoms with E-state index in [9.17, 15) is 4.39 Å². The molecule has 0 aliphatic carbocycles. The van der Waals surface area contributed by atoms with Gasteiger partial charge in [0.05, 0.1) is 11.5 Å². The summed E-state index contributed by atoms with van der Waals surface area (Å²) in [4.78, 5) is 4.72. The van der Waals surface area contributed by atoms with Crippen molar-refractivity contribution in [2.75, 3.05) is 0 Å². The fraction of sp³-hybridized carbons (Fsp3) is 0.100. The van der Waals surface area contributed by atoms with Gasteiger partial charge in [0.15, 0.2) is 0 Å². The summed E-state index contributed by atoms with van der Waals surface area (Å²) in [6.07, 6.45) is 1.53. The van der Waals surface area contributed by atoms with Gasteiger partial charge in [0.1, 0.15) is 10.8 Å². The van der Waals surface area contributed by atoms with Gasteiger partial charge in [0.2, 0.25) is 0 Å². The minimum atomic E-state index is -0.363. The number of hydrogen-bond donors (Lipinski definition) is 1. The normalized spacial score (nSPS) is 10.6. The van der Waals surface area contributed by atoms with Crippen LogP contribution in [-0.4, -0.2) is 10.1 Å². The van der Waals surface area contributed by atoms with Crippen LogP contribution in [-0.2, 0) is 6.61 Å². The van der Waals surface area contributed by atoms with Crippen LogP contribution < -0.4 is 0 Å². The van der Waals surface area contributed by atoms with Gasteiger partial charge >= 0.3 is 0 Å². The Morgan fingerprint density at radius 3 is 2.93 bits per heavy atom. The summed E-state index contributed by atoms with van der Waals surface area (Å²) in [5.74, 6) is -0.363. The van der Waals surface area contributed by atoms with Gasteiger partial charge in [-0.1, -0.05) is 11.6 Å². The van der Waals surface area contributed by atoms with Crippen molar-refractivity contribution in [1.29, 1.82) is 0 Å². The van der Waals surface area contributed by atoms with Gasteiger partial charge in [-0.25, -0.2) is 9.37 Å². The highest BCUT2D eigenvalue weighted by atomic mass is 35.5. The van der Waals surface area contributed by atoms with E-state index in [0.29, 0.717) is 20.5 Å². The van der Waals surface area contributed by atoms with Crippen LogP contribution in [0.4, 0.5) is 4.39 Å². The number of aliphatic hydroxyl groups excluding tert-OH is 1. The molecule has 1 heterocycles. The molecule has 0 saturated heterocycles. The number of nitrogens with zero attached hydrogens (tertiary/aromatic N) is 1. The molecule has 0 spiro atoms. The van der Waals surface area contributed by atoms with Gasteiger partial charge in [0.25, 0.3) is 0 Å². The van der Waals surface area contributed by atoms with Crippen LogP contribution in [0.2, 0.25) is 5.02 Å². The molecule has 1 aromatic heterocycles. The second-order valence-electron chi connectivity index (χ2n) is 2.91. The van der Waals surface area contributed by atoms with Crippen molar-refractivity contribution in [3.63, 3.8) is 0 Å². The smallest absolute Gasteiger partial charge is 0.133 e. The van der Waals surface area contributed by atoms with Crippen molar-refractivity contribution in [2.45, 2.75) is 6.61 Å². The van der Waals surface area contributed by atoms with Crippen molar-refractivity contribution in [2.24, 2.45) is 0 Å². The zero-order valence-electron chi connectivity index (χ0n) is 7.58. The molecule has 0 unspecified atom stereocenters. The second kappa shape index (κ2) is 4.26. The van der Waals surface area contributed by atoms with Crippen molar-refractivity contribution < 1.29 is 9.50 Å². The zero-order chi connectivity index (χ0) is 10.8. The molecule has 1 N–H and O–H groups in total. The Kier molecular flexibility index (Phi) is 3.00. The number of aromatic nitrogens is 1. The molecule has 0 atom stereocenters. The Morgan fingerprint density at radius 2 is 2.27 bits per heavy atom. The highest BCUT2D eigenvalue weighted by molar-refractivity contribution is 7.15. The predicted octanol–water partition coefficient (Wildman–Crippen LogP) is 3.09. The van der Waals surface area contributed by atoms with E-state index >= 15 is 0 Å². The highest BCUT2D eigenvalue weighted by Gasteiger charge is 2.09. The molecule has 0 fully saturated rings. The number of hydrogen-bond acceptors (Lipinski definition) is 3. The Bertz CT molecular complexity index is 486. The minimum Gasteiger partial charge on any atom is -0.391 e. The van der Waals surface area contributed by atoms with E-state index in [2.05, 4.69) is 4.98 Å². The summed E-state index contributed by atoms with van der Waals surface area (Å²) in [7, 11) is 0. The third kappa shape index (κ3) is 2.17. The highest BCUT2D eigenvalue weighted by Crippen LogP contribution is 2.29. The van der Waals surface area contributed by atoms with Gasteiger partial charge in [-0.05, 0) is 18.2 Å². The molecule has 1 aromatic carbocycles. The summed E-state index contributed by atoms with van der Waals surface area (Å²) >= 11 is 7.02. The monoisotopic (exact) mass is 243 g/mol. The minimum absolute atomic E-state index is 0.0835. The quantitative estimate of drug-likeness (QED) is 0.879. The fourth-order valence-corrected chi connectivity index (χ4v) is 2.13. The number of aliphatic hydroxyl groups is 1. The molecule has 0 radical (unpaired) electrons. The summed E-state index contributed by atoms with van der Waals surface area (Å²) in [6, 6.07) is 4.31. The average molecular weight is 244 g/mol. The first kappa shape index (κ1) is 10.5. The van der Waals surface area contributed by atoms with Crippen LogP contribution in [0.5, 0.6) is 0 Å². The summed E-state index contributed by atoms with van der Waals surface area (Å²) < 4.78 is 13.4. The van der Waals surface area contributed by atoms with Crippen LogP contribution >= 0.6 is 22.9 Å². The third-order valence-electron chi connectivity index (χ3n) is 1.87. The van der Waals surface area contributed by atoms with Crippen molar-refractivity contribution in [3.05, 3.63) is 40.1 Å². The van der Waals surface area contributed by atoms with Crippen LogP contribution in [0, 0.1) is 5.82 Å². The van der Waals surface area contributed by atoms with E-state index in [4.69, 9.17) is 16.7 Å². The Morgan fingerprint density at radius 1 is 1.47 bits per heavy atom. The summed E-state index contributed by atoms with van der Waals surface area (Å²) in [5, 5.41) is 9.86. The Balaban J connectivity index is 2.48. The largest absolute Gasteiger partial charge is 0.391 e. The van der Waals surface area contributed by atoms with Crippen LogP contribution in [0.1, 0.15) is 4.88 Å². The maximum absolute atomic E-state index is 13.4. The molecule has 2 aromatic rings. The molecular weight excluding hydrogens is 237 g/mol. The molecule has 0 amide bonds. The lowest BCUT2D eigenvalue weighted by atomic mass is 10.2. The van der Waals surface area contributed by atoms with E-state index in [1.807, 2.05) is 0 Å². The zero-order valence-corrected chi connectivity index (χ0v) is 9.15. The fourth-order valence-electron chi connectivity index (χ4n) is 1.17. The van der Waals surface area contributed by atoms with Crippen LogP contribution in [0.15, 0.2) is 24.4 Å². The molecule has 0 aliphatic rings. The molecule has 0 saturated carbocycles. The van der Waals surface area contributed by atoms with Crippen molar-refractivity contribution in [1.82, 2.24) is 4.98 Å². The third-order valence-corrected chi connectivity index (χ3v) is 3.12. The molecule has 2 rings (SSSR count). The Hall–Kier alpha value is -0.970. The molecule has 15 heavy (non-hydrogen) atoms. The summed E-state index contributed by atoms with van der Waals surface area (Å²) in [6.45, 7) is -0.0835. The number of halogens is 2. The standard InChI is InChI=1S/C10H7ClFNOS/c11-6-1-2-9(12)8(3-6)10-13-4-7(5-14)15-10/h1-4,14H,5H2. The molecule has 5 heteroatoms. The van der Waals surface area contributed by atoms with E-state index in [1.165, 1.54) is 35.7 Å². The lowest BCUT2D eigenvalue weighted by molar-refractivity contribution is 0.285.